The fraction of sp³-hybridized carbons (Fsp3) is 0.900. The number of ether oxygens (including phenoxy) is 3. The average molecular weight is 517 g/mol. The van der Waals surface area contributed by atoms with Crippen molar-refractivity contribution in [2.75, 3.05) is 7.11 Å². The van der Waals surface area contributed by atoms with Crippen LogP contribution < -0.4 is 0 Å². The van der Waals surface area contributed by atoms with Crippen molar-refractivity contribution < 1.29 is 33.7 Å². The van der Waals surface area contributed by atoms with E-state index in [0.717, 1.165) is 64.2 Å². The molecular formula is C30H44O7. The molecule has 6 unspecified atom stereocenters. The van der Waals surface area contributed by atoms with Gasteiger partial charge in [-0.05, 0) is 107 Å². The largest absolute Gasteiger partial charge is 0.469 e. The molecule has 6 atom stereocenters. The van der Waals surface area contributed by atoms with Crippen LogP contribution in [0.3, 0.4) is 0 Å². The van der Waals surface area contributed by atoms with Gasteiger partial charge in [0.05, 0.1) is 30.0 Å². The van der Waals surface area contributed by atoms with Gasteiger partial charge >= 0.3 is 17.9 Å². The Balaban J connectivity index is 1.07. The minimum absolute atomic E-state index is 0.155. The van der Waals surface area contributed by atoms with E-state index in [1.807, 2.05) is 20.8 Å². The van der Waals surface area contributed by atoms with Gasteiger partial charge in [-0.15, -0.1) is 0 Å². The monoisotopic (exact) mass is 516 g/mol. The van der Waals surface area contributed by atoms with Crippen LogP contribution in [-0.4, -0.2) is 46.9 Å². The Labute approximate surface area is 220 Å². The number of hydrogen-bond acceptors (Lipinski definition) is 7. The minimum atomic E-state index is -0.652. The number of rotatable bonds is 7. The van der Waals surface area contributed by atoms with Gasteiger partial charge in [0.2, 0.25) is 0 Å². The highest BCUT2D eigenvalue weighted by atomic mass is 16.6. The smallest absolute Gasteiger partial charge is 0.311 e. The normalized spacial score (nSPS) is 48.4. The van der Waals surface area contributed by atoms with Crippen molar-refractivity contribution in [3.8, 4) is 0 Å². The molecule has 0 heterocycles. The predicted octanol–water partition coefficient (Wildman–Crippen LogP) is 4.58. The first-order chi connectivity index (χ1) is 17.4. The Morgan fingerprint density at radius 2 is 1.30 bits per heavy atom. The maximum Gasteiger partial charge on any atom is 0.311 e. The number of carbonyl (C=O) groups excluding carboxylic acids is 3. The minimum Gasteiger partial charge on any atom is -0.469 e. The van der Waals surface area contributed by atoms with Crippen molar-refractivity contribution in [2.45, 2.75) is 115 Å². The lowest BCUT2D eigenvalue weighted by Gasteiger charge is -2.61. The fourth-order valence-corrected chi connectivity index (χ4v) is 10.4. The SMILES string of the molecule is COC(=O)C12CC3CC(CC(OC(=O)C(C)CC(C)C(=O)OC45CC6CC(C4)C(C)(O)C(C6)C5)(C3)C1)C2. The highest BCUT2D eigenvalue weighted by Gasteiger charge is 2.64. The van der Waals surface area contributed by atoms with Gasteiger partial charge in [0.1, 0.15) is 11.2 Å². The molecule has 8 saturated carbocycles. The summed E-state index contributed by atoms with van der Waals surface area (Å²) in [5.41, 5.74) is -2.19. The van der Waals surface area contributed by atoms with Crippen molar-refractivity contribution in [3.63, 3.8) is 0 Å². The molecule has 8 bridgehead atoms. The summed E-state index contributed by atoms with van der Waals surface area (Å²) < 4.78 is 17.6. The molecule has 0 saturated heterocycles. The molecule has 0 amide bonds. The molecule has 0 aromatic rings. The van der Waals surface area contributed by atoms with Crippen LogP contribution in [0.2, 0.25) is 0 Å². The molecule has 0 aliphatic heterocycles. The van der Waals surface area contributed by atoms with Crippen LogP contribution in [0.4, 0.5) is 0 Å². The van der Waals surface area contributed by atoms with Gasteiger partial charge in [-0.3, -0.25) is 14.4 Å². The van der Waals surface area contributed by atoms with Gasteiger partial charge < -0.3 is 19.3 Å². The van der Waals surface area contributed by atoms with Crippen LogP contribution in [0, 0.1) is 46.8 Å². The zero-order valence-electron chi connectivity index (χ0n) is 22.9. The zero-order valence-corrected chi connectivity index (χ0v) is 22.9. The van der Waals surface area contributed by atoms with Crippen LogP contribution in [-0.2, 0) is 28.6 Å². The van der Waals surface area contributed by atoms with Gasteiger partial charge in [0.25, 0.3) is 0 Å². The molecule has 0 radical (unpaired) electrons. The topological polar surface area (TPSA) is 99.1 Å². The van der Waals surface area contributed by atoms with Crippen LogP contribution >= 0.6 is 0 Å². The molecule has 0 aromatic carbocycles. The van der Waals surface area contributed by atoms with E-state index in [-0.39, 0.29) is 29.7 Å². The van der Waals surface area contributed by atoms with Crippen molar-refractivity contribution in [2.24, 2.45) is 46.8 Å². The second-order valence-electron chi connectivity index (χ2n) is 14.5. The third-order valence-corrected chi connectivity index (χ3v) is 11.6. The van der Waals surface area contributed by atoms with E-state index < -0.39 is 34.1 Å². The number of methoxy groups -OCH3 is 1. The standard InChI is InChI=1S/C30H44O7/c1-17(24(31)36-29-11-19-7-22(14-29)27(3,34)23(8-19)15-29)5-18(2)25(32)37-30-12-20-6-21(13-30)10-28(9-20,16-30)26(33)35-4/h17-23,34H,5-16H2,1-4H3. The molecule has 0 spiro atoms. The molecular weight excluding hydrogens is 472 g/mol. The summed E-state index contributed by atoms with van der Waals surface area (Å²) in [6.07, 6.45) is 9.84. The summed E-state index contributed by atoms with van der Waals surface area (Å²) in [7, 11) is 1.45. The highest BCUT2D eigenvalue weighted by Crippen LogP contribution is 2.64. The van der Waals surface area contributed by atoms with E-state index >= 15 is 0 Å². The van der Waals surface area contributed by atoms with Crippen molar-refractivity contribution in [1.29, 1.82) is 0 Å². The molecule has 1 N–H and O–H groups in total. The Hall–Kier alpha value is -1.63. The van der Waals surface area contributed by atoms with Gasteiger partial charge in [-0.25, -0.2) is 0 Å². The maximum absolute atomic E-state index is 13.3. The fourth-order valence-electron chi connectivity index (χ4n) is 10.4. The first-order valence-electron chi connectivity index (χ1n) is 14.6. The lowest BCUT2D eigenvalue weighted by Crippen LogP contribution is -2.63. The Morgan fingerprint density at radius 1 is 0.784 bits per heavy atom. The molecule has 8 aliphatic carbocycles. The molecule has 37 heavy (non-hydrogen) atoms. The second kappa shape index (κ2) is 8.43. The highest BCUT2D eigenvalue weighted by molar-refractivity contribution is 5.79. The van der Waals surface area contributed by atoms with Crippen LogP contribution in [0.5, 0.6) is 0 Å². The van der Waals surface area contributed by atoms with E-state index in [1.54, 1.807) is 0 Å². The van der Waals surface area contributed by atoms with Gasteiger partial charge in [0, 0.05) is 6.42 Å². The van der Waals surface area contributed by atoms with Gasteiger partial charge in [-0.2, -0.15) is 0 Å². The van der Waals surface area contributed by atoms with E-state index in [2.05, 4.69) is 0 Å². The van der Waals surface area contributed by atoms with E-state index in [4.69, 9.17) is 14.2 Å². The van der Waals surface area contributed by atoms with Gasteiger partial charge in [0.15, 0.2) is 0 Å². The van der Waals surface area contributed by atoms with Crippen LogP contribution in [0.1, 0.15) is 97.8 Å². The Kier molecular flexibility index (Phi) is 5.84. The molecule has 7 heteroatoms. The summed E-state index contributed by atoms with van der Waals surface area (Å²) in [5.74, 6) is 0.232. The lowest BCUT2D eigenvalue weighted by atomic mass is 9.48. The number of aliphatic hydroxyl groups is 1. The summed E-state index contributed by atoms with van der Waals surface area (Å²) in [6.45, 7) is 5.65. The predicted molar refractivity (Wildman–Crippen MR) is 134 cm³/mol. The number of carbonyl (C=O) groups is 3. The van der Waals surface area contributed by atoms with Crippen LogP contribution in [0.15, 0.2) is 0 Å². The quantitative estimate of drug-likeness (QED) is 0.391. The summed E-state index contributed by atoms with van der Waals surface area (Å²) in [5, 5.41) is 11.0. The number of hydrogen-bond donors (Lipinski definition) is 1. The maximum atomic E-state index is 13.3. The van der Waals surface area contributed by atoms with E-state index in [1.165, 1.54) is 7.11 Å². The molecule has 8 aliphatic rings. The third-order valence-electron chi connectivity index (χ3n) is 11.6. The summed E-state index contributed by atoms with van der Waals surface area (Å²) in [4.78, 5) is 39.2. The van der Waals surface area contributed by atoms with E-state index in [0.29, 0.717) is 30.6 Å². The summed E-state index contributed by atoms with van der Waals surface area (Å²) in [6, 6.07) is 0. The summed E-state index contributed by atoms with van der Waals surface area (Å²) >= 11 is 0. The van der Waals surface area contributed by atoms with E-state index in [9.17, 15) is 19.5 Å². The first-order valence-corrected chi connectivity index (χ1v) is 14.6. The van der Waals surface area contributed by atoms with Crippen molar-refractivity contribution in [3.05, 3.63) is 0 Å². The van der Waals surface area contributed by atoms with Crippen molar-refractivity contribution >= 4 is 17.9 Å². The molecule has 7 nitrogen and oxygen atoms in total. The molecule has 206 valence electrons. The third kappa shape index (κ3) is 4.13. The average Bonchev–Trinajstić information content (AvgIpc) is 2.80. The molecule has 8 rings (SSSR count). The first kappa shape index (κ1) is 25.6. The van der Waals surface area contributed by atoms with Crippen molar-refractivity contribution in [1.82, 2.24) is 0 Å². The Bertz CT molecular complexity index is 952. The van der Waals surface area contributed by atoms with Gasteiger partial charge in [-0.1, -0.05) is 13.8 Å². The zero-order chi connectivity index (χ0) is 26.4. The molecule has 8 fully saturated rings. The second-order valence-corrected chi connectivity index (χ2v) is 14.5. The number of esters is 3. The lowest BCUT2D eigenvalue weighted by molar-refractivity contribution is -0.235. The molecule has 0 aromatic heterocycles. The Morgan fingerprint density at radius 3 is 1.84 bits per heavy atom. The van der Waals surface area contributed by atoms with Crippen LogP contribution in [0.25, 0.3) is 0 Å².